The molecule has 0 saturated carbocycles. The fraction of sp³-hybridized carbons (Fsp3) is 0.111. The van der Waals surface area contributed by atoms with Crippen LogP contribution in [0.3, 0.4) is 0 Å². The molecule has 0 spiro atoms. The molecule has 0 bridgehead atoms. The highest BCUT2D eigenvalue weighted by Gasteiger charge is 2.02. The van der Waals surface area contributed by atoms with Gasteiger partial charge in [-0.15, -0.1) is 0 Å². The summed E-state index contributed by atoms with van der Waals surface area (Å²) in [5.74, 6) is 0.760. The summed E-state index contributed by atoms with van der Waals surface area (Å²) in [4.78, 5) is 8.32. The molecule has 0 aliphatic carbocycles. The number of hydrogen-bond donors (Lipinski definition) is 1. The topological polar surface area (TPSA) is 37.8 Å². The van der Waals surface area contributed by atoms with Gasteiger partial charge in [-0.2, -0.15) is 0 Å². The third kappa shape index (κ3) is 1.42. The third-order valence-electron chi connectivity index (χ3n) is 1.80. The Hall–Kier alpha value is -1.35. The summed E-state index contributed by atoms with van der Waals surface area (Å²) in [5, 5.41) is 4.41. The van der Waals surface area contributed by atoms with E-state index in [1.807, 2.05) is 19.2 Å². The quantitative estimate of drug-likeness (QED) is 0.707. The van der Waals surface area contributed by atoms with E-state index in [0.717, 1.165) is 16.7 Å². The van der Waals surface area contributed by atoms with E-state index in [2.05, 4.69) is 15.3 Å². The Morgan fingerprint density at radius 2 is 2.31 bits per heavy atom. The molecule has 2 heterocycles. The standard InChI is InChI=1S/C9H8ClN3/c1-11-9-6-3-2-4-12-7(6)5-8(10)13-9/h2-5H,1H3,(H,11,13). The molecule has 2 aromatic rings. The van der Waals surface area contributed by atoms with Crippen LogP contribution < -0.4 is 5.32 Å². The first-order valence-corrected chi connectivity index (χ1v) is 4.28. The fourth-order valence-electron chi connectivity index (χ4n) is 1.24. The molecule has 66 valence electrons. The number of rotatable bonds is 1. The number of halogens is 1. The van der Waals surface area contributed by atoms with E-state index >= 15 is 0 Å². The maximum absolute atomic E-state index is 5.81. The van der Waals surface area contributed by atoms with Crippen LogP contribution >= 0.6 is 11.6 Å². The Morgan fingerprint density at radius 1 is 1.46 bits per heavy atom. The van der Waals surface area contributed by atoms with Gasteiger partial charge in [0.25, 0.3) is 0 Å². The molecule has 0 aliphatic rings. The molecular formula is C9H8ClN3. The van der Waals surface area contributed by atoms with Crippen LogP contribution in [0.5, 0.6) is 0 Å². The summed E-state index contributed by atoms with van der Waals surface area (Å²) >= 11 is 5.81. The predicted molar refractivity (Wildman–Crippen MR) is 54.1 cm³/mol. The van der Waals surface area contributed by atoms with Crippen LogP contribution in [0.4, 0.5) is 5.82 Å². The van der Waals surface area contributed by atoms with Gasteiger partial charge in [-0.1, -0.05) is 11.6 Å². The summed E-state index contributed by atoms with van der Waals surface area (Å²) in [7, 11) is 1.81. The Balaban J connectivity index is 2.81. The molecule has 0 radical (unpaired) electrons. The molecular weight excluding hydrogens is 186 g/mol. The Morgan fingerprint density at radius 3 is 3.08 bits per heavy atom. The second-order valence-electron chi connectivity index (χ2n) is 2.61. The number of fused-ring (bicyclic) bond motifs is 1. The molecule has 0 saturated heterocycles. The van der Waals surface area contributed by atoms with Gasteiger partial charge in [0.05, 0.1) is 5.52 Å². The van der Waals surface area contributed by atoms with Crippen LogP contribution in [-0.2, 0) is 0 Å². The van der Waals surface area contributed by atoms with Crippen molar-refractivity contribution in [3.8, 4) is 0 Å². The van der Waals surface area contributed by atoms with Gasteiger partial charge in [0, 0.05) is 24.7 Å². The minimum atomic E-state index is 0.454. The highest BCUT2D eigenvalue weighted by atomic mass is 35.5. The van der Waals surface area contributed by atoms with E-state index in [1.54, 1.807) is 12.3 Å². The normalized spacial score (nSPS) is 10.3. The minimum Gasteiger partial charge on any atom is -0.373 e. The Kier molecular flexibility index (Phi) is 2.02. The molecule has 13 heavy (non-hydrogen) atoms. The van der Waals surface area contributed by atoms with Gasteiger partial charge in [-0.3, -0.25) is 4.98 Å². The second kappa shape index (κ2) is 3.18. The van der Waals surface area contributed by atoms with Gasteiger partial charge < -0.3 is 5.32 Å². The van der Waals surface area contributed by atoms with Gasteiger partial charge >= 0.3 is 0 Å². The van der Waals surface area contributed by atoms with Gasteiger partial charge in [0.2, 0.25) is 0 Å². The first kappa shape index (κ1) is 8.26. The average Bonchev–Trinajstić information content (AvgIpc) is 2.16. The summed E-state index contributed by atoms with van der Waals surface area (Å²) in [6.45, 7) is 0. The summed E-state index contributed by atoms with van der Waals surface area (Å²) in [5.41, 5.74) is 0.854. The van der Waals surface area contributed by atoms with Crippen molar-refractivity contribution >= 4 is 28.3 Å². The number of pyridine rings is 2. The lowest BCUT2D eigenvalue weighted by atomic mass is 10.2. The second-order valence-corrected chi connectivity index (χ2v) is 3.00. The van der Waals surface area contributed by atoms with Crippen LogP contribution in [0, 0.1) is 0 Å². The van der Waals surface area contributed by atoms with Gasteiger partial charge in [-0.05, 0) is 12.1 Å². The minimum absolute atomic E-state index is 0.454. The SMILES string of the molecule is CNc1nc(Cl)cc2ncccc12. The molecule has 2 aromatic heterocycles. The van der Waals surface area contributed by atoms with Crippen LogP contribution in [-0.4, -0.2) is 17.0 Å². The highest BCUT2D eigenvalue weighted by molar-refractivity contribution is 6.30. The fourth-order valence-corrected chi connectivity index (χ4v) is 1.42. The van der Waals surface area contributed by atoms with Gasteiger partial charge in [0.1, 0.15) is 11.0 Å². The molecule has 0 amide bonds. The van der Waals surface area contributed by atoms with Crippen molar-refractivity contribution in [3.63, 3.8) is 0 Å². The molecule has 0 aromatic carbocycles. The van der Waals surface area contributed by atoms with Crippen LogP contribution in [0.15, 0.2) is 24.4 Å². The van der Waals surface area contributed by atoms with Gasteiger partial charge in [-0.25, -0.2) is 4.98 Å². The zero-order chi connectivity index (χ0) is 9.26. The number of hydrogen-bond acceptors (Lipinski definition) is 3. The lowest BCUT2D eigenvalue weighted by molar-refractivity contribution is 1.29. The largest absolute Gasteiger partial charge is 0.373 e. The molecule has 0 unspecified atom stereocenters. The van der Waals surface area contributed by atoms with Crippen LogP contribution in [0.2, 0.25) is 5.15 Å². The lowest BCUT2D eigenvalue weighted by Crippen LogP contribution is -1.94. The number of nitrogens with one attached hydrogen (secondary N) is 1. The maximum Gasteiger partial charge on any atom is 0.136 e. The Labute approximate surface area is 80.8 Å². The zero-order valence-electron chi connectivity index (χ0n) is 7.08. The molecule has 2 rings (SSSR count). The molecule has 0 fully saturated rings. The molecule has 0 aliphatic heterocycles. The van der Waals surface area contributed by atoms with E-state index in [9.17, 15) is 0 Å². The highest BCUT2D eigenvalue weighted by Crippen LogP contribution is 2.22. The average molecular weight is 194 g/mol. The first-order valence-electron chi connectivity index (χ1n) is 3.90. The molecule has 1 N–H and O–H groups in total. The van der Waals surface area contributed by atoms with E-state index in [0.29, 0.717) is 5.15 Å². The summed E-state index contributed by atoms with van der Waals surface area (Å²) < 4.78 is 0. The van der Waals surface area contributed by atoms with Crippen molar-refractivity contribution in [2.75, 3.05) is 12.4 Å². The van der Waals surface area contributed by atoms with E-state index < -0.39 is 0 Å². The first-order chi connectivity index (χ1) is 6.31. The predicted octanol–water partition coefficient (Wildman–Crippen LogP) is 2.32. The lowest BCUT2D eigenvalue weighted by Gasteiger charge is -2.03. The van der Waals surface area contributed by atoms with Crippen LogP contribution in [0.25, 0.3) is 10.9 Å². The monoisotopic (exact) mass is 193 g/mol. The molecule has 4 heteroatoms. The van der Waals surface area contributed by atoms with E-state index in [-0.39, 0.29) is 0 Å². The summed E-state index contributed by atoms with van der Waals surface area (Å²) in [6.07, 6.45) is 1.73. The van der Waals surface area contributed by atoms with Gasteiger partial charge in [0.15, 0.2) is 0 Å². The van der Waals surface area contributed by atoms with Crippen molar-refractivity contribution in [1.82, 2.24) is 9.97 Å². The van der Waals surface area contributed by atoms with Crippen molar-refractivity contribution in [2.45, 2.75) is 0 Å². The van der Waals surface area contributed by atoms with Crippen LogP contribution in [0.1, 0.15) is 0 Å². The number of aromatic nitrogens is 2. The maximum atomic E-state index is 5.81. The number of anilines is 1. The summed E-state index contributed by atoms with van der Waals surface area (Å²) in [6, 6.07) is 5.58. The third-order valence-corrected chi connectivity index (χ3v) is 2.00. The van der Waals surface area contributed by atoms with Crippen molar-refractivity contribution in [2.24, 2.45) is 0 Å². The van der Waals surface area contributed by atoms with E-state index in [1.165, 1.54) is 0 Å². The number of nitrogens with zero attached hydrogens (tertiary/aromatic N) is 2. The zero-order valence-corrected chi connectivity index (χ0v) is 7.84. The van der Waals surface area contributed by atoms with Crippen molar-refractivity contribution in [1.29, 1.82) is 0 Å². The molecule has 3 nitrogen and oxygen atoms in total. The smallest absolute Gasteiger partial charge is 0.136 e. The van der Waals surface area contributed by atoms with Crippen molar-refractivity contribution in [3.05, 3.63) is 29.5 Å². The Bertz CT molecular complexity index is 442. The van der Waals surface area contributed by atoms with Crippen molar-refractivity contribution < 1.29 is 0 Å². The molecule has 0 atom stereocenters. The van der Waals surface area contributed by atoms with E-state index in [4.69, 9.17) is 11.6 Å².